The van der Waals surface area contributed by atoms with Crippen LogP contribution in [0.4, 0.5) is 0 Å². The van der Waals surface area contributed by atoms with Crippen molar-refractivity contribution in [3.63, 3.8) is 0 Å². The standard InChI is InChI=1S/C14H14N2O2/c1-4-18-14-10(8-15)7-11-9(2)5-6-12(17-3)13(11)16-14/h5-7H,4H2,1-3H3. The minimum absolute atomic E-state index is 0.358. The van der Waals surface area contributed by atoms with E-state index in [1.54, 1.807) is 13.2 Å². The Kier molecular flexibility index (Phi) is 3.33. The first kappa shape index (κ1) is 12.2. The molecule has 2 rings (SSSR count). The summed E-state index contributed by atoms with van der Waals surface area (Å²) in [5, 5.41) is 10.0. The quantitative estimate of drug-likeness (QED) is 0.830. The van der Waals surface area contributed by atoms with Crippen LogP contribution in [-0.2, 0) is 0 Å². The van der Waals surface area contributed by atoms with E-state index in [2.05, 4.69) is 11.1 Å². The highest BCUT2D eigenvalue weighted by atomic mass is 16.5. The molecular formula is C14H14N2O2. The fraction of sp³-hybridized carbons (Fsp3) is 0.286. The summed E-state index contributed by atoms with van der Waals surface area (Å²) in [6.45, 7) is 4.31. The third kappa shape index (κ3) is 1.95. The van der Waals surface area contributed by atoms with Crippen molar-refractivity contribution in [2.24, 2.45) is 0 Å². The Morgan fingerprint density at radius 3 is 2.78 bits per heavy atom. The van der Waals surface area contributed by atoms with Gasteiger partial charge in [0.2, 0.25) is 5.88 Å². The summed E-state index contributed by atoms with van der Waals surface area (Å²) >= 11 is 0. The molecule has 4 nitrogen and oxygen atoms in total. The molecule has 18 heavy (non-hydrogen) atoms. The maximum atomic E-state index is 9.12. The molecule has 0 fully saturated rings. The first-order valence-electron chi connectivity index (χ1n) is 5.72. The zero-order valence-corrected chi connectivity index (χ0v) is 10.7. The number of hydrogen-bond donors (Lipinski definition) is 0. The third-order valence-electron chi connectivity index (χ3n) is 2.75. The zero-order chi connectivity index (χ0) is 13.1. The van der Waals surface area contributed by atoms with Crippen molar-refractivity contribution in [1.82, 2.24) is 4.98 Å². The van der Waals surface area contributed by atoms with Crippen molar-refractivity contribution < 1.29 is 9.47 Å². The number of fused-ring (bicyclic) bond motifs is 1. The lowest BCUT2D eigenvalue weighted by Crippen LogP contribution is -1.99. The molecular weight excluding hydrogens is 228 g/mol. The fourth-order valence-electron chi connectivity index (χ4n) is 1.85. The minimum Gasteiger partial charge on any atom is -0.494 e. The monoisotopic (exact) mass is 242 g/mol. The summed E-state index contributed by atoms with van der Waals surface area (Å²) in [5.41, 5.74) is 2.22. The lowest BCUT2D eigenvalue weighted by Gasteiger charge is -2.10. The molecule has 4 heteroatoms. The normalized spacial score (nSPS) is 10.1. The van der Waals surface area contributed by atoms with Gasteiger partial charge in [-0.3, -0.25) is 0 Å². The van der Waals surface area contributed by atoms with Gasteiger partial charge in [0.25, 0.3) is 0 Å². The van der Waals surface area contributed by atoms with E-state index in [1.807, 2.05) is 26.0 Å². The number of aryl methyl sites for hydroxylation is 1. The molecule has 0 spiro atoms. The van der Waals surface area contributed by atoms with Crippen LogP contribution in [0.25, 0.3) is 10.9 Å². The van der Waals surface area contributed by atoms with Gasteiger partial charge in [-0.05, 0) is 31.5 Å². The smallest absolute Gasteiger partial charge is 0.232 e. The lowest BCUT2D eigenvalue weighted by molar-refractivity contribution is 0.326. The molecule has 0 aliphatic carbocycles. The number of benzene rings is 1. The highest BCUT2D eigenvalue weighted by Crippen LogP contribution is 2.30. The summed E-state index contributed by atoms with van der Waals surface area (Å²) in [7, 11) is 1.60. The van der Waals surface area contributed by atoms with Crippen LogP contribution in [0.1, 0.15) is 18.1 Å². The van der Waals surface area contributed by atoms with Crippen LogP contribution in [0.3, 0.4) is 0 Å². The van der Waals surface area contributed by atoms with Gasteiger partial charge in [-0.15, -0.1) is 0 Å². The Balaban J connectivity index is 2.78. The van der Waals surface area contributed by atoms with Crippen molar-refractivity contribution in [3.8, 4) is 17.7 Å². The molecule has 0 unspecified atom stereocenters. The number of nitrogens with zero attached hydrogens (tertiary/aromatic N) is 2. The molecule has 92 valence electrons. The van der Waals surface area contributed by atoms with E-state index < -0.39 is 0 Å². The molecule has 0 N–H and O–H groups in total. The molecule has 0 aliphatic heterocycles. The Morgan fingerprint density at radius 2 is 2.17 bits per heavy atom. The summed E-state index contributed by atoms with van der Waals surface area (Å²) in [5.74, 6) is 1.04. The average molecular weight is 242 g/mol. The summed E-state index contributed by atoms with van der Waals surface area (Å²) in [6, 6.07) is 7.72. The molecule has 0 saturated carbocycles. The number of hydrogen-bond acceptors (Lipinski definition) is 4. The van der Waals surface area contributed by atoms with Gasteiger partial charge in [0.1, 0.15) is 22.9 Å². The van der Waals surface area contributed by atoms with Crippen LogP contribution in [0.5, 0.6) is 11.6 Å². The molecule has 2 aromatic rings. The van der Waals surface area contributed by atoms with Crippen LogP contribution in [0.2, 0.25) is 0 Å². The molecule has 1 heterocycles. The average Bonchev–Trinajstić information content (AvgIpc) is 2.39. The number of rotatable bonds is 3. The van der Waals surface area contributed by atoms with Gasteiger partial charge in [-0.25, -0.2) is 4.98 Å². The van der Waals surface area contributed by atoms with Crippen LogP contribution in [-0.4, -0.2) is 18.7 Å². The van der Waals surface area contributed by atoms with E-state index in [4.69, 9.17) is 14.7 Å². The largest absolute Gasteiger partial charge is 0.494 e. The van der Waals surface area contributed by atoms with Gasteiger partial charge in [-0.2, -0.15) is 5.26 Å². The molecule has 0 amide bonds. The van der Waals surface area contributed by atoms with Crippen LogP contribution in [0, 0.1) is 18.3 Å². The van der Waals surface area contributed by atoms with Gasteiger partial charge in [0.05, 0.1) is 13.7 Å². The van der Waals surface area contributed by atoms with Gasteiger partial charge >= 0.3 is 0 Å². The number of aromatic nitrogens is 1. The number of methoxy groups -OCH3 is 1. The first-order valence-corrected chi connectivity index (χ1v) is 5.72. The Labute approximate surface area is 106 Å². The minimum atomic E-state index is 0.358. The molecule has 1 aromatic heterocycles. The van der Waals surface area contributed by atoms with E-state index in [-0.39, 0.29) is 0 Å². The van der Waals surface area contributed by atoms with E-state index >= 15 is 0 Å². The fourth-order valence-corrected chi connectivity index (χ4v) is 1.85. The van der Waals surface area contributed by atoms with E-state index in [0.29, 0.717) is 23.8 Å². The van der Waals surface area contributed by atoms with Gasteiger partial charge < -0.3 is 9.47 Å². The van der Waals surface area contributed by atoms with Crippen LogP contribution >= 0.6 is 0 Å². The van der Waals surface area contributed by atoms with Crippen molar-refractivity contribution in [2.45, 2.75) is 13.8 Å². The highest BCUT2D eigenvalue weighted by molar-refractivity contribution is 5.89. The Hall–Kier alpha value is -2.28. The second kappa shape index (κ2) is 4.92. The molecule has 0 bridgehead atoms. The number of ether oxygens (including phenoxy) is 2. The zero-order valence-electron chi connectivity index (χ0n) is 10.7. The summed E-state index contributed by atoms with van der Waals surface area (Å²) < 4.78 is 10.7. The maximum Gasteiger partial charge on any atom is 0.232 e. The van der Waals surface area contributed by atoms with Crippen molar-refractivity contribution in [1.29, 1.82) is 5.26 Å². The van der Waals surface area contributed by atoms with Crippen molar-refractivity contribution in [3.05, 3.63) is 29.3 Å². The summed E-state index contributed by atoms with van der Waals surface area (Å²) in [6.07, 6.45) is 0. The van der Waals surface area contributed by atoms with Gasteiger partial charge in [0.15, 0.2) is 0 Å². The molecule has 1 aromatic carbocycles. The predicted octanol–water partition coefficient (Wildman–Crippen LogP) is 2.82. The predicted molar refractivity (Wildman–Crippen MR) is 68.9 cm³/mol. The Morgan fingerprint density at radius 1 is 1.39 bits per heavy atom. The second-order valence-electron chi connectivity index (χ2n) is 3.87. The molecule has 0 atom stereocenters. The van der Waals surface area contributed by atoms with Gasteiger partial charge in [0, 0.05) is 5.39 Å². The van der Waals surface area contributed by atoms with E-state index in [9.17, 15) is 0 Å². The number of nitriles is 1. The summed E-state index contributed by atoms with van der Waals surface area (Å²) in [4.78, 5) is 4.40. The van der Waals surface area contributed by atoms with Crippen LogP contribution in [0.15, 0.2) is 18.2 Å². The van der Waals surface area contributed by atoms with Gasteiger partial charge in [-0.1, -0.05) is 6.07 Å². The van der Waals surface area contributed by atoms with E-state index in [1.165, 1.54) is 0 Å². The molecule has 0 saturated heterocycles. The molecule has 0 aliphatic rings. The van der Waals surface area contributed by atoms with Crippen LogP contribution < -0.4 is 9.47 Å². The maximum absolute atomic E-state index is 9.12. The SMILES string of the molecule is CCOc1nc2c(OC)ccc(C)c2cc1C#N. The van der Waals surface area contributed by atoms with Crippen molar-refractivity contribution in [2.75, 3.05) is 13.7 Å². The topological polar surface area (TPSA) is 55.1 Å². The number of pyridine rings is 1. The Bertz CT molecular complexity index is 630. The van der Waals surface area contributed by atoms with Crippen molar-refractivity contribution >= 4 is 10.9 Å². The highest BCUT2D eigenvalue weighted by Gasteiger charge is 2.12. The first-order chi connectivity index (χ1) is 8.71. The third-order valence-corrected chi connectivity index (χ3v) is 2.75. The van der Waals surface area contributed by atoms with E-state index in [0.717, 1.165) is 16.5 Å². The lowest BCUT2D eigenvalue weighted by atomic mass is 10.1. The second-order valence-corrected chi connectivity index (χ2v) is 3.87. The molecule has 0 radical (unpaired) electrons.